The normalized spacial score (nSPS) is 16.6. The van der Waals surface area contributed by atoms with Crippen molar-refractivity contribution in [3.63, 3.8) is 0 Å². The SMILES string of the molecule is CC1=CCC(N(c2ccc(OC(F)(F)F)cc2)c2ccc3c(c2)C2(c4cc(N(c5ccc(C)cc5)c5ccc(OC(F)(F)F)cc5)ccc4-3)c3ccccc3-c3c2ccc2c4cccc5c6ccccc6n(c32)c54)C=C1. The molecule has 0 fully saturated rings. The summed E-state index contributed by atoms with van der Waals surface area (Å²) in [6.45, 7) is 4.06. The summed E-state index contributed by atoms with van der Waals surface area (Å²) >= 11 is 0. The van der Waals surface area contributed by atoms with E-state index in [1.807, 2.05) is 38.1 Å². The van der Waals surface area contributed by atoms with Crippen LogP contribution < -0.4 is 19.3 Å². The molecule has 9 aromatic carbocycles. The zero-order valence-corrected chi connectivity index (χ0v) is 40.8. The molecule has 0 saturated carbocycles. The van der Waals surface area contributed by atoms with Gasteiger partial charge in [-0.25, -0.2) is 0 Å². The number of aromatic nitrogens is 1. The van der Waals surface area contributed by atoms with E-state index in [0.717, 1.165) is 100 Å². The fraction of sp³-hybridized carbons (Fsp3) is 0.108. The van der Waals surface area contributed by atoms with Gasteiger partial charge in [-0.2, -0.15) is 0 Å². The van der Waals surface area contributed by atoms with Gasteiger partial charge in [0.25, 0.3) is 0 Å². The Labute approximate surface area is 432 Å². The lowest BCUT2D eigenvalue weighted by Gasteiger charge is -2.35. The topological polar surface area (TPSA) is 29.4 Å². The summed E-state index contributed by atoms with van der Waals surface area (Å²) in [5.41, 5.74) is 16.8. The van der Waals surface area contributed by atoms with Crippen LogP contribution in [0, 0.1) is 6.92 Å². The van der Waals surface area contributed by atoms with Crippen molar-refractivity contribution < 1.29 is 35.8 Å². The van der Waals surface area contributed by atoms with Crippen LogP contribution >= 0.6 is 0 Å². The summed E-state index contributed by atoms with van der Waals surface area (Å²) in [6, 6.07) is 61.2. The number of hydrogen-bond acceptors (Lipinski definition) is 4. The second kappa shape index (κ2) is 16.5. The van der Waals surface area contributed by atoms with Crippen LogP contribution in [0.15, 0.2) is 212 Å². The first kappa shape index (κ1) is 45.6. The number of para-hydroxylation sites is 2. The number of ether oxygens (including phenoxy) is 2. The molecule has 2 atom stereocenters. The van der Waals surface area contributed by atoms with E-state index in [2.05, 4.69) is 157 Å². The number of aryl methyl sites for hydroxylation is 1. The molecule has 0 amide bonds. The number of alkyl halides is 6. The highest BCUT2D eigenvalue weighted by Crippen LogP contribution is 2.65. The van der Waals surface area contributed by atoms with E-state index in [0.29, 0.717) is 17.8 Å². The minimum atomic E-state index is -4.85. The van der Waals surface area contributed by atoms with Crippen molar-refractivity contribution in [1.29, 1.82) is 0 Å². The monoisotopic (exact) mass is 1010 g/mol. The van der Waals surface area contributed by atoms with Gasteiger partial charge >= 0.3 is 12.7 Å². The number of benzene rings is 9. The summed E-state index contributed by atoms with van der Waals surface area (Å²) in [4.78, 5) is 4.25. The lowest BCUT2D eigenvalue weighted by atomic mass is 9.70. The van der Waals surface area contributed by atoms with Crippen molar-refractivity contribution in [2.45, 2.75) is 44.4 Å². The minimum absolute atomic E-state index is 0.187. The largest absolute Gasteiger partial charge is 0.573 e. The molecular formula is C65H43F6N3O2. The molecule has 372 valence electrons. The highest BCUT2D eigenvalue weighted by molar-refractivity contribution is 6.26. The molecule has 1 spiro atoms. The van der Waals surface area contributed by atoms with Crippen LogP contribution in [0.5, 0.6) is 11.5 Å². The molecular weight excluding hydrogens is 969 g/mol. The summed E-state index contributed by atoms with van der Waals surface area (Å²) in [5, 5.41) is 4.65. The van der Waals surface area contributed by atoms with Crippen LogP contribution in [0.3, 0.4) is 0 Å². The van der Waals surface area contributed by atoms with Crippen LogP contribution in [0.2, 0.25) is 0 Å². The smallest absolute Gasteiger partial charge is 0.406 e. The highest BCUT2D eigenvalue weighted by Gasteiger charge is 2.53. The van der Waals surface area contributed by atoms with Gasteiger partial charge in [0.2, 0.25) is 0 Å². The summed E-state index contributed by atoms with van der Waals surface area (Å²) in [5.74, 6) is -0.632. The molecule has 3 aliphatic rings. The zero-order valence-electron chi connectivity index (χ0n) is 40.8. The zero-order chi connectivity index (χ0) is 51.8. The summed E-state index contributed by atoms with van der Waals surface area (Å²) < 4.78 is 91.9. The quantitative estimate of drug-likeness (QED) is 0.142. The summed E-state index contributed by atoms with van der Waals surface area (Å²) in [6.07, 6.45) is -2.64. The number of anilines is 5. The van der Waals surface area contributed by atoms with Crippen molar-refractivity contribution in [1.82, 2.24) is 4.40 Å². The maximum Gasteiger partial charge on any atom is 0.573 e. The lowest BCUT2D eigenvalue weighted by molar-refractivity contribution is -0.275. The lowest BCUT2D eigenvalue weighted by Crippen LogP contribution is -2.31. The van der Waals surface area contributed by atoms with Gasteiger partial charge < -0.3 is 23.7 Å². The van der Waals surface area contributed by atoms with Gasteiger partial charge in [0.15, 0.2) is 0 Å². The molecule has 0 bridgehead atoms. The molecule has 3 aliphatic carbocycles. The van der Waals surface area contributed by atoms with Crippen molar-refractivity contribution in [2.24, 2.45) is 0 Å². The molecule has 2 aromatic heterocycles. The molecule has 0 aliphatic heterocycles. The first-order valence-electron chi connectivity index (χ1n) is 25.1. The van der Waals surface area contributed by atoms with Crippen molar-refractivity contribution in [3.8, 4) is 33.8 Å². The maximum atomic E-state index is 13.5. The van der Waals surface area contributed by atoms with Gasteiger partial charge in [-0.15, -0.1) is 26.3 Å². The van der Waals surface area contributed by atoms with E-state index >= 15 is 0 Å². The maximum absolute atomic E-state index is 13.5. The van der Waals surface area contributed by atoms with Crippen LogP contribution in [0.1, 0.15) is 41.2 Å². The van der Waals surface area contributed by atoms with E-state index in [1.165, 1.54) is 35.0 Å². The number of fused-ring (bicyclic) bond motifs is 17. The highest BCUT2D eigenvalue weighted by atomic mass is 19.4. The van der Waals surface area contributed by atoms with Gasteiger partial charge in [-0.1, -0.05) is 126 Å². The first-order chi connectivity index (χ1) is 36.7. The number of halogens is 6. The molecule has 0 N–H and O–H groups in total. The Balaban J connectivity index is 1.05. The van der Waals surface area contributed by atoms with Crippen LogP contribution in [0.25, 0.3) is 60.3 Å². The number of nitrogens with zero attached hydrogens (tertiary/aromatic N) is 3. The Bertz CT molecular complexity index is 4210. The third-order valence-electron chi connectivity index (χ3n) is 15.6. The Hall–Kier alpha value is -8.96. The fourth-order valence-electron chi connectivity index (χ4n) is 12.6. The Morgan fingerprint density at radius 2 is 1.04 bits per heavy atom. The number of rotatable bonds is 8. The average Bonchev–Trinajstić information content (AvgIpc) is 3.99. The Morgan fingerprint density at radius 1 is 0.487 bits per heavy atom. The minimum Gasteiger partial charge on any atom is -0.406 e. The second-order valence-electron chi connectivity index (χ2n) is 19.9. The molecule has 0 saturated heterocycles. The van der Waals surface area contributed by atoms with Crippen molar-refractivity contribution in [2.75, 3.05) is 9.80 Å². The van der Waals surface area contributed by atoms with E-state index in [1.54, 1.807) is 24.3 Å². The first-order valence-corrected chi connectivity index (χ1v) is 25.1. The van der Waals surface area contributed by atoms with E-state index in [9.17, 15) is 26.3 Å². The summed E-state index contributed by atoms with van der Waals surface area (Å²) in [7, 11) is 0. The van der Waals surface area contributed by atoms with E-state index in [4.69, 9.17) is 0 Å². The van der Waals surface area contributed by atoms with Crippen molar-refractivity contribution in [3.05, 3.63) is 240 Å². The molecule has 14 rings (SSSR count). The Kier molecular flexibility index (Phi) is 9.92. The van der Waals surface area contributed by atoms with Gasteiger partial charge in [0.1, 0.15) is 11.5 Å². The Morgan fingerprint density at radius 3 is 1.70 bits per heavy atom. The van der Waals surface area contributed by atoms with Gasteiger partial charge in [0, 0.05) is 55.5 Å². The molecule has 0 radical (unpaired) electrons. The molecule has 11 aromatic rings. The second-order valence-corrected chi connectivity index (χ2v) is 19.9. The van der Waals surface area contributed by atoms with Crippen LogP contribution in [-0.2, 0) is 5.41 Å². The standard InChI is InChI=1S/C65H43F6N3O2/c1-38-14-18-40(19-15-38)72(42-22-28-46(29-23-42)75-64(66,67)68)44-26-32-48-49-33-27-45(73(41-20-16-39(2)17-21-41)43-24-30-47(31-25-43)76-65(69,70)71)37-58(49)63(57(48)36-44)55-12-5-3-9-54(55)60-56(63)35-34-53-52-11-7-10-51-50-8-4-6-13-59(50)74(61(51)52)62(53)60/h3-20,22-37,41H,21H2,1-2H3. The molecule has 5 nitrogen and oxygen atoms in total. The fourth-order valence-corrected chi connectivity index (χ4v) is 12.6. The van der Waals surface area contributed by atoms with E-state index in [-0.39, 0.29) is 17.5 Å². The molecule has 2 unspecified atom stereocenters. The molecule has 2 heterocycles. The predicted molar refractivity (Wildman–Crippen MR) is 290 cm³/mol. The van der Waals surface area contributed by atoms with E-state index < -0.39 is 18.1 Å². The molecule has 76 heavy (non-hydrogen) atoms. The van der Waals surface area contributed by atoms with Crippen LogP contribution in [-0.4, -0.2) is 23.2 Å². The average molecular weight is 1010 g/mol. The van der Waals surface area contributed by atoms with Gasteiger partial charge in [0.05, 0.1) is 28.0 Å². The third-order valence-corrected chi connectivity index (χ3v) is 15.6. The predicted octanol–water partition coefficient (Wildman–Crippen LogP) is 18.2. The van der Waals surface area contributed by atoms with Crippen molar-refractivity contribution >= 4 is 66.5 Å². The third kappa shape index (κ3) is 6.94. The van der Waals surface area contributed by atoms with Crippen LogP contribution in [0.4, 0.5) is 54.8 Å². The molecule has 11 heteroatoms. The van der Waals surface area contributed by atoms with Gasteiger partial charge in [-0.3, -0.25) is 0 Å². The number of allylic oxidation sites excluding steroid dienone is 2. The number of hydrogen-bond donors (Lipinski definition) is 0. The van der Waals surface area contributed by atoms with Gasteiger partial charge in [-0.05, 0) is 150 Å².